The molecule has 0 bridgehead atoms. The van der Waals surface area contributed by atoms with Gasteiger partial charge in [-0.05, 0) is 18.2 Å². The average molecular weight is 493 g/mol. The first-order valence-corrected chi connectivity index (χ1v) is 12.2. The molecule has 0 amide bonds. The van der Waals surface area contributed by atoms with Gasteiger partial charge in [-0.15, -0.1) is 0 Å². The Morgan fingerprint density at radius 2 is 1.64 bits per heavy atom. The Morgan fingerprint density at radius 1 is 1.00 bits per heavy atom. The zero-order valence-corrected chi connectivity index (χ0v) is 21.0. The second kappa shape index (κ2) is 10.8. The lowest BCUT2D eigenvalue weighted by molar-refractivity contribution is 0.103. The first-order valence-electron chi connectivity index (χ1n) is 11.2. The lowest BCUT2D eigenvalue weighted by Crippen LogP contribution is -2.13. The van der Waals surface area contributed by atoms with Gasteiger partial charge in [-0.25, -0.2) is 4.98 Å². The number of rotatable bonds is 8. The van der Waals surface area contributed by atoms with Crippen molar-refractivity contribution in [2.45, 2.75) is 10.8 Å². The van der Waals surface area contributed by atoms with Gasteiger partial charge in [-0.3, -0.25) is 4.79 Å². The van der Waals surface area contributed by atoms with Crippen LogP contribution in [0.3, 0.4) is 0 Å². The number of carbonyl (C=O) groups excluding carboxylic acids is 1. The van der Waals surface area contributed by atoms with Gasteiger partial charge in [0.15, 0.2) is 0 Å². The van der Waals surface area contributed by atoms with Crippen LogP contribution in [0.1, 0.15) is 32.9 Å². The van der Waals surface area contributed by atoms with Crippen molar-refractivity contribution in [2.75, 3.05) is 31.4 Å². The predicted octanol–water partition coefficient (Wildman–Crippen LogP) is 5.25. The number of benzene rings is 2. The number of aromatic nitrogens is 2. The molecule has 0 saturated heterocycles. The topological polar surface area (TPSA) is 97.7 Å². The van der Waals surface area contributed by atoms with Crippen LogP contribution in [0.2, 0.25) is 0 Å². The molecular weight excluding hydrogens is 468 g/mol. The van der Waals surface area contributed by atoms with Gasteiger partial charge in [0.05, 0.1) is 22.6 Å². The molecular formula is C28H24N6OS. The van der Waals surface area contributed by atoms with Crippen LogP contribution in [0.25, 0.3) is 5.69 Å². The van der Waals surface area contributed by atoms with E-state index in [4.69, 9.17) is 0 Å². The van der Waals surface area contributed by atoms with E-state index in [1.165, 1.54) is 11.8 Å². The quantitative estimate of drug-likeness (QED) is 0.265. The molecule has 8 heteroatoms. The number of ketones is 1. The van der Waals surface area contributed by atoms with Crippen molar-refractivity contribution in [3.63, 3.8) is 0 Å². The number of nitrogens with one attached hydrogen (secondary N) is 1. The van der Waals surface area contributed by atoms with Gasteiger partial charge < -0.3 is 14.8 Å². The Hall–Kier alpha value is -4.53. The van der Waals surface area contributed by atoms with Crippen LogP contribution in [0.5, 0.6) is 0 Å². The van der Waals surface area contributed by atoms with E-state index in [-0.39, 0.29) is 5.78 Å². The van der Waals surface area contributed by atoms with Gasteiger partial charge in [0.25, 0.3) is 0 Å². The number of hydrogen-bond acceptors (Lipinski definition) is 7. The lowest BCUT2D eigenvalue weighted by atomic mass is 10.1. The van der Waals surface area contributed by atoms with Gasteiger partial charge in [0.1, 0.15) is 28.4 Å². The summed E-state index contributed by atoms with van der Waals surface area (Å²) in [6, 6.07) is 24.9. The molecule has 7 nitrogen and oxygen atoms in total. The number of nitriles is 2. The molecule has 0 aliphatic rings. The molecule has 1 N–H and O–H groups in total. The highest BCUT2D eigenvalue weighted by molar-refractivity contribution is 7.98. The highest BCUT2D eigenvalue weighted by Gasteiger charge is 2.28. The van der Waals surface area contributed by atoms with Crippen molar-refractivity contribution in [3.8, 4) is 17.8 Å². The SMILES string of the molecule is CNc1c(C#N)c(CSc2nccc(N(C)C)c2C#N)n(-c2ccccc2)c1C(=O)c1ccccc1. The second-order valence-electron chi connectivity index (χ2n) is 8.08. The second-order valence-corrected chi connectivity index (χ2v) is 9.04. The van der Waals surface area contributed by atoms with Crippen LogP contribution in [-0.4, -0.2) is 36.5 Å². The van der Waals surface area contributed by atoms with Crippen LogP contribution < -0.4 is 10.2 Å². The first kappa shape index (κ1) is 24.6. The molecule has 0 unspecified atom stereocenters. The fourth-order valence-electron chi connectivity index (χ4n) is 4.08. The minimum absolute atomic E-state index is 0.193. The zero-order valence-electron chi connectivity index (χ0n) is 20.2. The van der Waals surface area contributed by atoms with E-state index in [2.05, 4.69) is 22.4 Å². The normalized spacial score (nSPS) is 10.4. The molecule has 0 spiro atoms. The monoisotopic (exact) mass is 492 g/mol. The first-order chi connectivity index (χ1) is 17.5. The molecule has 0 aliphatic carbocycles. The molecule has 178 valence electrons. The Labute approximate surface area is 214 Å². The highest BCUT2D eigenvalue weighted by Crippen LogP contribution is 2.37. The van der Waals surface area contributed by atoms with Crippen molar-refractivity contribution in [3.05, 3.63) is 101 Å². The van der Waals surface area contributed by atoms with Crippen molar-refractivity contribution >= 4 is 28.9 Å². The summed E-state index contributed by atoms with van der Waals surface area (Å²) in [7, 11) is 5.46. The summed E-state index contributed by atoms with van der Waals surface area (Å²) in [4.78, 5) is 20.1. The van der Waals surface area contributed by atoms with Gasteiger partial charge in [-0.2, -0.15) is 10.5 Å². The van der Waals surface area contributed by atoms with Crippen molar-refractivity contribution in [1.82, 2.24) is 9.55 Å². The van der Waals surface area contributed by atoms with E-state index in [1.54, 1.807) is 31.4 Å². The molecule has 2 aromatic heterocycles. The van der Waals surface area contributed by atoms with E-state index in [0.29, 0.717) is 44.5 Å². The van der Waals surface area contributed by atoms with E-state index >= 15 is 0 Å². The van der Waals surface area contributed by atoms with Crippen molar-refractivity contribution in [2.24, 2.45) is 0 Å². The fraction of sp³-hybridized carbons (Fsp3) is 0.143. The summed E-state index contributed by atoms with van der Waals surface area (Å²) < 4.78 is 1.84. The maximum Gasteiger partial charge on any atom is 0.211 e. The molecule has 4 rings (SSSR count). The lowest BCUT2D eigenvalue weighted by Gasteiger charge is -2.16. The molecule has 0 aliphatic heterocycles. The predicted molar refractivity (Wildman–Crippen MR) is 143 cm³/mol. The number of carbonyl (C=O) groups is 1. The van der Waals surface area contributed by atoms with Crippen LogP contribution in [0.4, 0.5) is 11.4 Å². The molecule has 36 heavy (non-hydrogen) atoms. The molecule has 0 saturated carbocycles. The number of pyridine rings is 1. The third-order valence-corrected chi connectivity index (χ3v) is 6.73. The highest BCUT2D eigenvalue weighted by atomic mass is 32.2. The van der Waals surface area contributed by atoms with Gasteiger partial charge in [0.2, 0.25) is 5.78 Å². The molecule has 2 heterocycles. The minimum Gasteiger partial charge on any atom is -0.385 e. The van der Waals surface area contributed by atoms with Crippen LogP contribution in [-0.2, 0) is 5.75 Å². The summed E-state index contributed by atoms with van der Waals surface area (Å²) in [5.74, 6) is 0.134. The van der Waals surface area contributed by atoms with E-state index in [1.807, 2.05) is 72.1 Å². The van der Waals surface area contributed by atoms with Crippen molar-refractivity contribution in [1.29, 1.82) is 10.5 Å². The van der Waals surface area contributed by atoms with Crippen LogP contribution in [0, 0.1) is 22.7 Å². The molecule has 0 radical (unpaired) electrons. The largest absolute Gasteiger partial charge is 0.385 e. The number of hydrogen-bond donors (Lipinski definition) is 1. The Bertz CT molecular complexity index is 1480. The summed E-state index contributed by atoms with van der Waals surface area (Å²) in [5.41, 5.74) is 4.43. The maximum atomic E-state index is 13.8. The maximum absolute atomic E-state index is 13.8. The van der Waals surface area contributed by atoms with E-state index in [0.717, 1.165) is 11.4 Å². The fourth-order valence-corrected chi connectivity index (χ4v) is 5.06. The standard InChI is InChI=1S/C28H24N6OS/c1-31-25-21(16-29)24(18-36-28-22(17-30)23(33(2)3)14-15-32-28)34(20-12-8-5-9-13-20)26(25)27(35)19-10-6-4-7-11-19/h4-15,31H,18H2,1-3H3. The van der Waals surface area contributed by atoms with Crippen molar-refractivity contribution < 1.29 is 4.79 Å². The molecule has 0 fully saturated rings. The molecule has 4 aromatic rings. The van der Waals surface area contributed by atoms with Gasteiger partial charge >= 0.3 is 0 Å². The summed E-state index contributed by atoms with van der Waals surface area (Å²) in [6.07, 6.45) is 1.67. The van der Waals surface area contributed by atoms with E-state index in [9.17, 15) is 15.3 Å². The third kappa shape index (κ3) is 4.55. The summed E-state index contributed by atoms with van der Waals surface area (Å²) >= 11 is 1.36. The summed E-state index contributed by atoms with van der Waals surface area (Å²) in [5, 5.41) is 23.7. The van der Waals surface area contributed by atoms with Crippen LogP contribution in [0.15, 0.2) is 78.0 Å². The number of thioether (sulfide) groups is 1. The third-order valence-electron chi connectivity index (χ3n) is 5.73. The van der Waals surface area contributed by atoms with Gasteiger partial charge in [-0.1, -0.05) is 60.3 Å². The average Bonchev–Trinajstić information content (AvgIpc) is 3.25. The van der Waals surface area contributed by atoms with Crippen LogP contribution >= 0.6 is 11.8 Å². The molecule has 0 atom stereocenters. The number of para-hydroxylation sites is 1. The number of anilines is 2. The number of nitrogens with zero attached hydrogens (tertiary/aromatic N) is 5. The minimum atomic E-state index is -0.193. The Morgan fingerprint density at radius 3 is 2.22 bits per heavy atom. The smallest absolute Gasteiger partial charge is 0.211 e. The Balaban J connectivity index is 1.90. The zero-order chi connectivity index (χ0) is 25.7. The Kier molecular flexibility index (Phi) is 7.39. The molecule has 2 aromatic carbocycles. The van der Waals surface area contributed by atoms with E-state index < -0.39 is 0 Å². The van der Waals surface area contributed by atoms with Gasteiger partial charge in [0, 0.05) is 44.3 Å². The summed E-state index contributed by atoms with van der Waals surface area (Å²) in [6.45, 7) is 0.